The zero-order valence-electron chi connectivity index (χ0n) is 17.8. The second-order valence-electron chi connectivity index (χ2n) is 8.14. The normalized spacial score (nSPS) is 18.8. The third-order valence-corrected chi connectivity index (χ3v) is 6.15. The molecule has 2 aliphatic rings. The second-order valence-corrected chi connectivity index (χ2v) is 8.14. The van der Waals surface area contributed by atoms with Crippen LogP contribution < -0.4 is 5.32 Å². The van der Waals surface area contributed by atoms with Gasteiger partial charge < -0.3 is 24.5 Å². The van der Waals surface area contributed by atoms with E-state index >= 15 is 0 Å². The molecule has 170 valence electrons. The average Bonchev–Trinajstić information content (AvgIpc) is 3.56. The number of imide groups is 1. The van der Waals surface area contributed by atoms with Crippen LogP contribution in [-0.2, 0) is 16.0 Å². The fraction of sp³-hybridized carbons (Fsp3) is 0.304. The Kier molecular flexibility index (Phi) is 5.33. The van der Waals surface area contributed by atoms with Gasteiger partial charge in [-0.1, -0.05) is 18.2 Å². The first kappa shape index (κ1) is 20.8. The maximum absolute atomic E-state index is 12.9. The van der Waals surface area contributed by atoms with E-state index in [0.717, 1.165) is 21.4 Å². The van der Waals surface area contributed by atoms with Gasteiger partial charge in [0.15, 0.2) is 5.76 Å². The second kappa shape index (κ2) is 8.45. The van der Waals surface area contributed by atoms with E-state index in [1.807, 2.05) is 30.5 Å². The van der Waals surface area contributed by atoms with E-state index in [2.05, 4.69) is 10.3 Å². The van der Waals surface area contributed by atoms with Crippen molar-refractivity contribution in [1.29, 1.82) is 0 Å². The fourth-order valence-electron chi connectivity index (χ4n) is 4.34. The van der Waals surface area contributed by atoms with Crippen LogP contribution in [0.5, 0.6) is 0 Å². The average molecular weight is 449 g/mol. The number of nitrogens with zero attached hydrogens (tertiary/aromatic N) is 3. The van der Waals surface area contributed by atoms with Gasteiger partial charge in [-0.05, 0) is 23.8 Å². The maximum Gasteiger partial charge on any atom is 0.325 e. The van der Waals surface area contributed by atoms with Crippen LogP contribution in [0.3, 0.4) is 0 Å². The number of aromatic nitrogens is 1. The predicted molar refractivity (Wildman–Crippen MR) is 117 cm³/mol. The third kappa shape index (κ3) is 3.95. The summed E-state index contributed by atoms with van der Waals surface area (Å²) in [6.07, 6.45) is 3.62. The Labute approximate surface area is 189 Å². The molecule has 33 heavy (non-hydrogen) atoms. The molecule has 0 spiro atoms. The molecule has 5 rings (SSSR count). The molecule has 2 N–H and O–H groups in total. The minimum Gasteiger partial charge on any atom is -0.459 e. The molecule has 0 saturated carbocycles. The van der Waals surface area contributed by atoms with Crippen LogP contribution in [0.1, 0.15) is 16.1 Å². The fourth-order valence-corrected chi connectivity index (χ4v) is 4.34. The Morgan fingerprint density at radius 3 is 2.52 bits per heavy atom. The molecular weight excluding hydrogens is 426 g/mol. The van der Waals surface area contributed by atoms with E-state index in [-0.39, 0.29) is 24.1 Å². The lowest BCUT2D eigenvalue weighted by atomic mass is 10.1. The standard InChI is InChI=1S/C23H23N5O5/c29-20(26-7-9-27(10-8-26)22(31)19-6-3-11-33-19)14-28-21(30)18(25-23(28)32)12-15-13-24-17-5-2-1-4-16(15)17/h1-6,11,13,18,24H,7-10,12,14H2,(H,25,32)/t18-/m1/s1. The van der Waals surface area contributed by atoms with E-state index in [0.29, 0.717) is 32.6 Å². The van der Waals surface area contributed by atoms with E-state index in [1.54, 1.807) is 21.9 Å². The number of hydrogen-bond acceptors (Lipinski definition) is 5. The highest BCUT2D eigenvalue weighted by atomic mass is 16.3. The van der Waals surface area contributed by atoms with Crippen LogP contribution in [0.15, 0.2) is 53.3 Å². The summed E-state index contributed by atoms with van der Waals surface area (Å²) >= 11 is 0. The predicted octanol–water partition coefficient (Wildman–Crippen LogP) is 1.21. The number of carbonyl (C=O) groups excluding carboxylic acids is 4. The van der Waals surface area contributed by atoms with Crippen LogP contribution in [0, 0.1) is 0 Å². The van der Waals surface area contributed by atoms with Crippen molar-refractivity contribution in [3.63, 3.8) is 0 Å². The lowest BCUT2D eigenvalue weighted by Gasteiger charge is -2.34. The van der Waals surface area contributed by atoms with Crippen LogP contribution in [-0.4, -0.2) is 82.2 Å². The number of urea groups is 1. The lowest BCUT2D eigenvalue weighted by Crippen LogP contribution is -2.53. The molecule has 2 aromatic heterocycles. The molecule has 2 saturated heterocycles. The summed E-state index contributed by atoms with van der Waals surface area (Å²) in [6.45, 7) is 1.05. The quantitative estimate of drug-likeness (QED) is 0.568. The Balaban J connectivity index is 1.17. The number of hydrogen-bond donors (Lipinski definition) is 2. The smallest absolute Gasteiger partial charge is 0.325 e. The number of benzene rings is 1. The van der Waals surface area contributed by atoms with Gasteiger partial charge in [-0.25, -0.2) is 4.79 Å². The van der Waals surface area contributed by atoms with Crippen molar-refractivity contribution in [3.05, 3.63) is 60.2 Å². The minimum atomic E-state index is -0.715. The molecule has 0 bridgehead atoms. The van der Waals surface area contributed by atoms with Crippen LogP contribution in [0.25, 0.3) is 10.9 Å². The Morgan fingerprint density at radius 2 is 1.76 bits per heavy atom. The van der Waals surface area contributed by atoms with Crippen molar-refractivity contribution in [3.8, 4) is 0 Å². The zero-order valence-corrected chi connectivity index (χ0v) is 17.8. The van der Waals surface area contributed by atoms with Gasteiger partial charge in [0, 0.05) is 49.7 Å². The molecule has 0 radical (unpaired) electrons. The summed E-state index contributed by atoms with van der Waals surface area (Å²) in [4.78, 5) is 57.8. The van der Waals surface area contributed by atoms with Crippen molar-refractivity contribution >= 4 is 34.7 Å². The van der Waals surface area contributed by atoms with Crippen molar-refractivity contribution in [2.45, 2.75) is 12.5 Å². The van der Waals surface area contributed by atoms with Gasteiger partial charge in [0.2, 0.25) is 5.91 Å². The van der Waals surface area contributed by atoms with E-state index < -0.39 is 18.0 Å². The van der Waals surface area contributed by atoms with Gasteiger partial charge in [-0.2, -0.15) is 0 Å². The highest BCUT2D eigenvalue weighted by molar-refractivity contribution is 6.06. The molecule has 5 amide bonds. The summed E-state index contributed by atoms with van der Waals surface area (Å²) in [7, 11) is 0. The number of H-pyrrole nitrogens is 1. The van der Waals surface area contributed by atoms with Gasteiger partial charge in [0.05, 0.1) is 6.26 Å². The van der Waals surface area contributed by atoms with E-state index in [9.17, 15) is 19.2 Å². The Hall–Kier alpha value is -4.08. The van der Waals surface area contributed by atoms with Crippen LogP contribution in [0.4, 0.5) is 4.79 Å². The molecule has 3 aromatic rings. The number of amides is 5. The number of aromatic amines is 1. The minimum absolute atomic E-state index is 0.221. The van der Waals surface area contributed by atoms with Crippen LogP contribution >= 0.6 is 0 Å². The summed E-state index contributed by atoms with van der Waals surface area (Å²) in [5.74, 6) is -0.696. The number of furan rings is 1. The van der Waals surface area contributed by atoms with E-state index in [4.69, 9.17) is 4.42 Å². The van der Waals surface area contributed by atoms with Gasteiger partial charge in [-0.15, -0.1) is 0 Å². The summed E-state index contributed by atoms with van der Waals surface area (Å²) < 4.78 is 5.14. The first-order valence-electron chi connectivity index (χ1n) is 10.8. The Bertz CT molecular complexity index is 1210. The summed E-state index contributed by atoms with van der Waals surface area (Å²) in [5, 5.41) is 3.69. The largest absolute Gasteiger partial charge is 0.459 e. The molecule has 10 heteroatoms. The third-order valence-electron chi connectivity index (χ3n) is 6.15. The number of para-hydroxylation sites is 1. The van der Waals surface area contributed by atoms with E-state index in [1.165, 1.54) is 6.26 Å². The molecule has 2 aliphatic heterocycles. The monoisotopic (exact) mass is 449 g/mol. The van der Waals surface area contributed by atoms with Crippen LogP contribution in [0.2, 0.25) is 0 Å². The molecule has 1 atom stereocenters. The molecular formula is C23H23N5O5. The first-order valence-corrected chi connectivity index (χ1v) is 10.8. The van der Waals surface area contributed by atoms with Gasteiger partial charge >= 0.3 is 6.03 Å². The topological polar surface area (TPSA) is 119 Å². The maximum atomic E-state index is 12.9. The van der Waals surface area contributed by atoms with Gasteiger partial charge in [-0.3, -0.25) is 19.3 Å². The Morgan fingerprint density at radius 1 is 1.00 bits per heavy atom. The molecule has 10 nitrogen and oxygen atoms in total. The van der Waals surface area contributed by atoms with Gasteiger partial charge in [0.1, 0.15) is 12.6 Å². The van der Waals surface area contributed by atoms with Crippen molar-refractivity contribution < 1.29 is 23.6 Å². The van der Waals surface area contributed by atoms with Crippen molar-refractivity contribution in [2.75, 3.05) is 32.7 Å². The highest BCUT2D eigenvalue weighted by Gasteiger charge is 2.40. The first-order chi connectivity index (χ1) is 16.0. The van der Waals surface area contributed by atoms with Crippen molar-refractivity contribution in [2.24, 2.45) is 0 Å². The molecule has 0 unspecified atom stereocenters. The molecule has 1 aromatic carbocycles. The zero-order chi connectivity index (χ0) is 22.9. The van der Waals surface area contributed by atoms with Crippen molar-refractivity contribution in [1.82, 2.24) is 25.0 Å². The number of rotatable bonds is 5. The number of piperazine rings is 1. The molecule has 0 aliphatic carbocycles. The SMILES string of the molecule is O=C(CN1C(=O)N[C@H](Cc2c[nH]c3ccccc23)C1=O)N1CCN(C(=O)c2ccco2)CC1. The summed E-state index contributed by atoms with van der Waals surface area (Å²) in [6, 6.07) is 9.71. The molecule has 4 heterocycles. The number of fused-ring (bicyclic) bond motifs is 1. The lowest BCUT2D eigenvalue weighted by molar-refractivity contribution is -0.138. The number of nitrogens with one attached hydrogen (secondary N) is 2. The number of carbonyl (C=O) groups is 4. The summed E-state index contributed by atoms with van der Waals surface area (Å²) in [5.41, 5.74) is 1.88. The van der Waals surface area contributed by atoms with Gasteiger partial charge in [0.25, 0.3) is 11.8 Å². The molecule has 2 fully saturated rings. The highest BCUT2D eigenvalue weighted by Crippen LogP contribution is 2.21.